The molecule has 1 fully saturated rings. The first-order valence-corrected chi connectivity index (χ1v) is 10.9. The van der Waals surface area contributed by atoms with Gasteiger partial charge in [-0.25, -0.2) is 0 Å². The molecule has 2 aromatic carbocycles. The molecule has 0 radical (unpaired) electrons. The minimum atomic E-state index is -0.113. The average Bonchev–Trinajstić information content (AvgIpc) is 3.37. The van der Waals surface area contributed by atoms with Crippen molar-refractivity contribution in [1.29, 1.82) is 0 Å². The maximum Gasteiger partial charge on any atom is 0.196 e. The highest BCUT2D eigenvalue weighted by atomic mass is 16.5. The molecule has 6 nitrogen and oxygen atoms in total. The standard InChI is InChI=1S/C24H30N2O4/c1-4-12-29-19-13-18(28-5-2)21-20-15(24(27)22(21)23(19)25)8-6-10-17(20)30-14(3)16-9-7-11-26-16/h6,8,10,13-14,16,26H,4-5,7,9,11-12,25H2,1-3H3. The first-order chi connectivity index (χ1) is 14.6. The first kappa shape index (κ1) is 20.5. The van der Waals surface area contributed by atoms with E-state index in [2.05, 4.69) is 12.2 Å². The highest BCUT2D eigenvalue weighted by Crippen LogP contribution is 2.52. The normalized spacial score (nSPS) is 18.1. The van der Waals surface area contributed by atoms with E-state index in [-0.39, 0.29) is 11.9 Å². The van der Waals surface area contributed by atoms with Crippen molar-refractivity contribution in [3.63, 3.8) is 0 Å². The van der Waals surface area contributed by atoms with Crippen LogP contribution >= 0.6 is 0 Å². The lowest BCUT2D eigenvalue weighted by Gasteiger charge is -2.23. The second kappa shape index (κ2) is 8.56. The summed E-state index contributed by atoms with van der Waals surface area (Å²) in [5.41, 5.74) is 9.28. The molecule has 0 saturated carbocycles. The highest BCUT2D eigenvalue weighted by Gasteiger charge is 2.37. The molecule has 2 aliphatic rings. The minimum Gasteiger partial charge on any atom is -0.493 e. The molecule has 0 bridgehead atoms. The monoisotopic (exact) mass is 410 g/mol. The van der Waals surface area contributed by atoms with Gasteiger partial charge in [0.2, 0.25) is 0 Å². The van der Waals surface area contributed by atoms with Gasteiger partial charge in [0, 0.05) is 28.8 Å². The van der Waals surface area contributed by atoms with Gasteiger partial charge >= 0.3 is 0 Å². The Labute approximate surface area is 177 Å². The number of carbonyl (C=O) groups excluding carboxylic acids is 1. The van der Waals surface area contributed by atoms with E-state index in [1.54, 1.807) is 6.07 Å². The summed E-state index contributed by atoms with van der Waals surface area (Å²) in [4.78, 5) is 13.3. The molecule has 1 aliphatic carbocycles. The van der Waals surface area contributed by atoms with Crippen molar-refractivity contribution in [3.05, 3.63) is 35.4 Å². The fraction of sp³-hybridized carbons (Fsp3) is 0.458. The van der Waals surface area contributed by atoms with E-state index in [1.165, 1.54) is 0 Å². The van der Waals surface area contributed by atoms with Crippen LogP contribution in [-0.2, 0) is 0 Å². The van der Waals surface area contributed by atoms with Crippen molar-refractivity contribution in [1.82, 2.24) is 5.32 Å². The molecular formula is C24H30N2O4. The Hall–Kier alpha value is -2.73. The van der Waals surface area contributed by atoms with Crippen LogP contribution < -0.4 is 25.3 Å². The lowest BCUT2D eigenvalue weighted by atomic mass is 10.0. The fourth-order valence-electron chi connectivity index (χ4n) is 4.34. The van der Waals surface area contributed by atoms with Crippen LogP contribution in [0.25, 0.3) is 11.1 Å². The van der Waals surface area contributed by atoms with Crippen molar-refractivity contribution < 1.29 is 19.0 Å². The zero-order valence-electron chi connectivity index (χ0n) is 17.9. The van der Waals surface area contributed by atoms with Gasteiger partial charge in [-0.15, -0.1) is 0 Å². The molecule has 0 amide bonds. The second-order valence-corrected chi connectivity index (χ2v) is 7.85. The van der Waals surface area contributed by atoms with Gasteiger partial charge in [-0.2, -0.15) is 0 Å². The molecule has 1 aliphatic heterocycles. The predicted molar refractivity (Wildman–Crippen MR) is 118 cm³/mol. The summed E-state index contributed by atoms with van der Waals surface area (Å²) >= 11 is 0. The van der Waals surface area contributed by atoms with Crippen LogP contribution in [0.4, 0.5) is 5.69 Å². The summed E-state index contributed by atoms with van der Waals surface area (Å²) in [7, 11) is 0. The molecule has 2 aromatic rings. The van der Waals surface area contributed by atoms with Crippen molar-refractivity contribution >= 4 is 11.5 Å². The van der Waals surface area contributed by atoms with Crippen LogP contribution in [-0.4, -0.2) is 37.7 Å². The third-order valence-electron chi connectivity index (χ3n) is 5.78. The van der Waals surface area contributed by atoms with Gasteiger partial charge in [-0.1, -0.05) is 19.1 Å². The van der Waals surface area contributed by atoms with Crippen LogP contribution in [0.15, 0.2) is 24.3 Å². The number of nitrogens with two attached hydrogens (primary N) is 1. The van der Waals surface area contributed by atoms with Gasteiger partial charge in [0.25, 0.3) is 0 Å². The predicted octanol–water partition coefficient (Wildman–Crippen LogP) is 4.19. The van der Waals surface area contributed by atoms with E-state index in [0.717, 1.165) is 31.4 Å². The van der Waals surface area contributed by atoms with E-state index in [1.807, 2.05) is 32.0 Å². The molecule has 0 aromatic heterocycles. The highest BCUT2D eigenvalue weighted by molar-refractivity contribution is 6.26. The number of anilines is 1. The van der Waals surface area contributed by atoms with Gasteiger partial charge in [0.15, 0.2) is 5.78 Å². The van der Waals surface area contributed by atoms with Crippen molar-refractivity contribution in [3.8, 4) is 28.4 Å². The average molecular weight is 411 g/mol. The van der Waals surface area contributed by atoms with Crippen LogP contribution in [0.3, 0.4) is 0 Å². The Morgan fingerprint density at radius 2 is 1.97 bits per heavy atom. The van der Waals surface area contributed by atoms with E-state index >= 15 is 0 Å². The second-order valence-electron chi connectivity index (χ2n) is 7.85. The van der Waals surface area contributed by atoms with Gasteiger partial charge < -0.3 is 25.3 Å². The summed E-state index contributed by atoms with van der Waals surface area (Å²) in [5, 5.41) is 3.49. The Morgan fingerprint density at radius 3 is 2.67 bits per heavy atom. The number of carbonyl (C=O) groups is 1. The molecule has 2 unspecified atom stereocenters. The fourth-order valence-corrected chi connectivity index (χ4v) is 4.34. The van der Waals surface area contributed by atoms with Crippen molar-refractivity contribution in [2.45, 2.75) is 52.2 Å². The number of benzene rings is 2. The van der Waals surface area contributed by atoms with Gasteiger partial charge in [-0.3, -0.25) is 4.79 Å². The molecule has 0 spiro atoms. The molecule has 6 heteroatoms. The third kappa shape index (κ3) is 3.49. The number of ether oxygens (including phenoxy) is 3. The van der Waals surface area contributed by atoms with E-state index < -0.39 is 0 Å². The summed E-state index contributed by atoms with van der Waals surface area (Å²) < 4.78 is 18.1. The van der Waals surface area contributed by atoms with Crippen LogP contribution in [0.1, 0.15) is 56.0 Å². The number of rotatable bonds is 8. The van der Waals surface area contributed by atoms with Crippen molar-refractivity contribution in [2.75, 3.05) is 25.5 Å². The number of ketones is 1. The van der Waals surface area contributed by atoms with E-state index in [9.17, 15) is 4.79 Å². The zero-order chi connectivity index (χ0) is 21.3. The number of hydrogen-bond donors (Lipinski definition) is 2. The maximum atomic E-state index is 13.3. The van der Waals surface area contributed by atoms with Crippen LogP contribution in [0.2, 0.25) is 0 Å². The third-order valence-corrected chi connectivity index (χ3v) is 5.78. The Kier molecular flexibility index (Phi) is 5.86. The maximum absolute atomic E-state index is 13.3. The minimum absolute atomic E-state index is 0.0156. The molecule has 2 atom stereocenters. The van der Waals surface area contributed by atoms with Gasteiger partial charge in [0.1, 0.15) is 23.4 Å². The molecule has 4 rings (SSSR count). The Morgan fingerprint density at radius 1 is 1.13 bits per heavy atom. The molecule has 1 heterocycles. The summed E-state index contributed by atoms with van der Waals surface area (Å²) in [6.45, 7) is 8.02. The lowest BCUT2D eigenvalue weighted by molar-refractivity contribution is 0.104. The SMILES string of the molecule is CCCOc1cc(OCC)c2c(c1N)C(=O)c1cccc(OC(C)C3CCCN3)c1-2. The number of fused-ring (bicyclic) bond motifs is 3. The molecule has 30 heavy (non-hydrogen) atoms. The van der Waals surface area contributed by atoms with E-state index in [4.69, 9.17) is 19.9 Å². The number of nitrogens with one attached hydrogen (secondary N) is 1. The van der Waals surface area contributed by atoms with E-state index in [0.29, 0.717) is 58.9 Å². The topological polar surface area (TPSA) is 82.8 Å². The molecular weight excluding hydrogens is 380 g/mol. The Bertz CT molecular complexity index is 951. The largest absolute Gasteiger partial charge is 0.493 e. The first-order valence-electron chi connectivity index (χ1n) is 10.9. The number of nitrogen functional groups attached to an aromatic ring is 1. The summed E-state index contributed by atoms with van der Waals surface area (Å²) in [6, 6.07) is 7.70. The van der Waals surface area contributed by atoms with Crippen LogP contribution in [0, 0.1) is 0 Å². The smallest absolute Gasteiger partial charge is 0.196 e. The van der Waals surface area contributed by atoms with Gasteiger partial charge in [0.05, 0.1) is 24.5 Å². The molecule has 1 saturated heterocycles. The van der Waals surface area contributed by atoms with Crippen molar-refractivity contribution in [2.24, 2.45) is 0 Å². The zero-order valence-corrected chi connectivity index (χ0v) is 17.9. The summed E-state index contributed by atoms with van der Waals surface area (Å²) in [5.74, 6) is 1.66. The molecule has 160 valence electrons. The Balaban J connectivity index is 1.81. The number of hydrogen-bond acceptors (Lipinski definition) is 6. The summed E-state index contributed by atoms with van der Waals surface area (Å²) in [6.07, 6.45) is 3.07. The molecule has 3 N–H and O–H groups in total. The lowest BCUT2D eigenvalue weighted by Crippen LogP contribution is -2.36. The quantitative estimate of drug-likeness (QED) is 0.542. The van der Waals surface area contributed by atoms with Crippen LogP contribution in [0.5, 0.6) is 17.2 Å². The van der Waals surface area contributed by atoms with Gasteiger partial charge in [-0.05, 0) is 45.7 Å².